The number of nitrogens with zero attached hydrogens (tertiary/aromatic N) is 1. The van der Waals surface area contributed by atoms with Crippen LogP contribution in [0.2, 0.25) is 10.3 Å². The third-order valence-corrected chi connectivity index (χ3v) is 1.57. The molecule has 9 heavy (non-hydrogen) atoms. The van der Waals surface area contributed by atoms with E-state index in [1.165, 1.54) is 0 Å². The van der Waals surface area contributed by atoms with E-state index in [1.807, 2.05) is 0 Å². The summed E-state index contributed by atoms with van der Waals surface area (Å²) in [4.78, 5) is 3.74. The molecule has 0 fully saturated rings. The second-order valence-electron chi connectivity index (χ2n) is 1.43. The van der Waals surface area contributed by atoms with E-state index in [9.17, 15) is 0 Å². The summed E-state index contributed by atoms with van der Waals surface area (Å²) in [5.41, 5.74) is 0. The minimum atomic E-state index is 0.398. The third-order valence-electron chi connectivity index (χ3n) is 0.728. The van der Waals surface area contributed by atoms with Crippen LogP contribution in [0.4, 0.5) is 0 Å². The molecule has 1 nitrogen and oxygen atoms in total. The number of pyridine rings is 1. The Balaban J connectivity index is 3.17. The van der Waals surface area contributed by atoms with Gasteiger partial charge in [-0.2, -0.15) is 0 Å². The maximum atomic E-state index is 5.52. The van der Waals surface area contributed by atoms with Gasteiger partial charge in [-0.15, -0.1) is 0 Å². The van der Waals surface area contributed by atoms with E-state index >= 15 is 0 Å². The first kappa shape index (κ1) is 7.32. The van der Waals surface area contributed by atoms with Gasteiger partial charge >= 0.3 is 0 Å². The van der Waals surface area contributed by atoms with E-state index in [0.717, 1.165) is 4.47 Å². The molecule has 0 saturated heterocycles. The molecule has 0 radical (unpaired) electrons. The smallest absolute Gasteiger partial charge is 0.131 e. The van der Waals surface area contributed by atoms with Gasteiger partial charge in [0.1, 0.15) is 10.3 Å². The molecule has 0 aromatic carbocycles. The average molecular weight is 227 g/mol. The number of halogens is 3. The van der Waals surface area contributed by atoms with Crippen molar-refractivity contribution >= 4 is 39.1 Å². The first-order valence-electron chi connectivity index (χ1n) is 2.17. The molecule has 4 heteroatoms. The van der Waals surface area contributed by atoms with Crippen molar-refractivity contribution in [2.24, 2.45) is 0 Å². The Kier molecular flexibility index (Phi) is 2.33. The molecule has 0 unspecified atom stereocenters. The average Bonchev–Trinajstić information content (AvgIpc) is 1.59. The van der Waals surface area contributed by atoms with Crippen LogP contribution in [-0.4, -0.2) is 4.98 Å². The van der Waals surface area contributed by atoms with Crippen molar-refractivity contribution in [3.05, 3.63) is 26.9 Å². The molecule has 0 amide bonds. The lowest BCUT2D eigenvalue weighted by atomic mass is 10.5. The lowest BCUT2D eigenvalue weighted by Gasteiger charge is -1.91. The summed E-state index contributed by atoms with van der Waals surface area (Å²) in [6, 6.07) is 3.35. The summed E-state index contributed by atoms with van der Waals surface area (Å²) in [7, 11) is 0. The lowest BCUT2D eigenvalue weighted by Crippen LogP contribution is -1.74. The van der Waals surface area contributed by atoms with Gasteiger partial charge < -0.3 is 0 Å². The van der Waals surface area contributed by atoms with Crippen LogP contribution in [0.25, 0.3) is 0 Å². The Hall–Kier alpha value is 0.210. The first-order valence-corrected chi connectivity index (χ1v) is 3.72. The minimum Gasteiger partial charge on any atom is -0.224 e. The monoisotopic (exact) mass is 225 g/mol. The SMILES string of the molecule is Clc1cc(Br)cc(Cl)n1. The molecule has 1 rings (SSSR count). The van der Waals surface area contributed by atoms with Crippen molar-refractivity contribution in [3.8, 4) is 0 Å². The van der Waals surface area contributed by atoms with Gasteiger partial charge in [-0.25, -0.2) is 4.98 Å². The Morgan fingerprint density at radius 1 is 1.22 bits per heavy atom. The summed E-state index contributed by atoms with van der Waals surface area (Å²) in [6.07, 6.45) is 0. The molecule has 0 aliphatic rings. The summed E-state index contributed by atoms with van der Waals surface area (Å²) in [6.45, 7) is 0. The van der Waals surface area contributed by atoms with Gasteiger partial charge in [0.05, 0.1) is 0 Å². The van der Waals surface area contributed by atoms with Gasteiger partial charge in [-0.3, -0.25) is 0 Å². The standard InChI is InChI=1S/C5H2BrCl2N/c6-3-1-4(7)9-5(8)2-3/h1-2H. The van der Waals surface area contributed by atoms with Crippen LogP contribution in [0.1, 0.15) is 0 Å². The van der Waals surface area contributed by atoms with E-state index in [2.05, 4.69) is 20.9 Å². The van der Waals surface area contributed by atoms with E-state index in [1.54, 1.807) is 12.1 Å². The second-order valence-corrected chi connectivity index (χ2v) is 3.12. The number of aromatic nitrogens is 1. The molecule has 1 aromatic heterocycles. The van der Waals surface area contributed by atoms with Gasteiger partial charge in [0.2, 0.25) is 0 Å². The normalized spacial score (nSPS) is 9.67. The molecule has 0 atom stereocenters. The fourth-order valence-electron chi connectivity index (χ4n) is 0.436. The van der Waals surface area contributed by atoms with Gasteiger partial charge in [-0.1, -0.05) is 39.1 Å². The Morgan fingerprint density at radius 2 is 1.67 bits per heavy atom. The maximum absolute atomic E-state index is 5.52. The zero-order valence-electron chi connectivity index (χ0n) is 4.24. The van der Waals surface area contributed by atoms with Gasteiger partial charge in [0, 0.05) is 4.47 Å². The van der Waals surface area contributed by atoms with Gasteiger partial charge in [0.15, 0.2) is 0 Å². The summed E-state index contributed by atoms with van der Waals surface area (Å²) >= 11 is 14.3. The van der Waals surface area contributed by atoms with Crippen molar-refractivity contribution < 1.29 is 0 Å². The van der Waals surface area contributed by atoms with Crippen molar-refractivity contribution in [2.75, 3.05) is 0 Å². The van der Waals surface area contributed by atoms with E-state index in [0.29, 0.717) is 10.3 Å². The topological polar surface area (TPSA) is 12.9 Å². The van der Waals surface area contributed by atoms with Crippen molar-refractivity contribution in [1.29, 1.82) is 0 Å². The van der Waals surface area contributed by atoms with Crippen LogP contribution < -0.4 is 0 Å². The Labute approximate surface area is 71.1 Å². The maximum Gasteiger partial charge on any atom is 0.131 e. The Morgan fingerprint density at radius 3 is 2.00 bits per heavy atom. The molecule has 0 aliphatic carbocycles. The molecule has 0 N–H and O–H groups in total. The van der Waals surface area contributed by atoms with Gasteiger partial charge in [-0.05, 0) is 12.1 Å². The lowest BCUT2D eigenvalue weighted by molar-refractivity contribution is 1.32. The molecule has 0 spiro atoms. The second kappa shape index (κ2) is 2.86. The van der Waals surface area contributed by atoms with E-state index in [4.69, 9.17) is 23.2 Å². The van der Waals surface area contributed by atoms with Crippen molar-refractivity contribution in [1.82, 2.24) is 4.98 Å². The molecule has 48 valence electrons. The fraction of sp³-hybridized carbons (Fsp3) is 0. The third kappa shape index (κ3) is 2.12. The summed E-state index contributed by atoms with van der Waals surface area (Å²) < 4.78 is 0.840. The zero-order valence-corrected chi connectivity index (χ0v) is 7.33. The molecule has 0 saturated carbocycles. The van der Waals surface area contributed by atoms with Crippen molar-refractivity contribution in [3.63, 3.8) is 0 Å². The minimum absolute atomic E-state index is 0.398. The summed E-state index contributed by atoms with van der Waals surface area (Å²) in [5, 5.41) is 0.795. The highest BCUT2D eigenvalue weighted by molar-refractivity contribution is 9.10. The number of hydrogen-bond acceptors (Lipinski definition) is 1. The highest BCUT2D eigenvalue weighted by atomic mass is 79.9. The highest BCUT2D eigenvalue weighted by Gasteiger charge is 1.93. The van der Waals surface area contributed by atoms with Crippen LogP contribution in [-0.2, 0) is 0 Å². The number of hydrogen-bond donors (Lipinski definition) is 0. The van der Waals surface area contributed by atoms with Crippen molar-refractivity contribution in [2.45, 2.75) is 0 Å². The van der Waals surface area contributed by atoms with Crippen LogP contribution >= 0.6 is 39.1 Å². The highest BCUT2D eigenvalue weighted by Crippen LogP contribution is 2.18. The predicted octanol–water partition coefficient (Wildman–Crippen LogP) is 3.15. The van der Waals surface area contributed by atoms with Crippen LogP contribution in [0.15, 0.2) is 16.6 Å². The molecule has 1 aromatic rings. The van der Waals surface area contributed by atoms with E-state index < -0.39 is 0 Å². The quantitative estimate of drug-likeness (QED) is 0.620. The molecular weight excluding hydrogens is 225 g/mol. The van der Waals surface area contributed by atoms with E-state index in [-0.39, 0.29) is 0 Å². The van der Waals surface area contributed by atoms with Crippen LogP contribution in [0.3, 0.4) is 0 Å². The molecule has 0 aliphatic heterocycles. The molecule has 0 bridgehead atoms. The van der Waals surface area contributed by atoms with Crippen LogP contribution in [0.5, 0.6) is 0 Å². The largest absolute Gasteiger partial charge is 0.224 e. The predicted molar refractivity (Wildman–Crippen MR) is 42.0 cm³/mol. The number of rotatable bonds is 0. The Bertz CT molecular complexity index is 176. The van der Waals surface area contributed by atoms with Gasteiger partial charge in [0.25, 0.3) is 0 Å². The zero-order chi connectivity index (χ0) is 6.85. The fourth-order valence-corrected chi connectivity index (χ4v) is 1.59. The van der Waals surface area contributed by atoms with Crippen LogP contribution in [0, 0.1) is 0 Å². The molecule has 1 heterocycles. The first-order chi connectivity index (χ1) is 4.18. The molecular formula is C5H2BrCl2N. The summed E-state index contributed by atoms with van der Waals surface area (Å²) in [5.74, 6) is 0.